The zero-order chi connectivity index (χ0) is 22.7. The minimum Gasteiger partial charge on any atom is -0.350 e. The minimum absolute atomic E-state index is 0.0501. The lowest BCUT2D eigenvalue weighted by Gasteiger charge is -2.04. The van der Waals surface area contributed by atoms with Gasteiger partial charge in [-0.15, -0.1) is 0 Å². The molecule has 4 aromatic rings. The summed E-state index contributed by atoms with van der Waals surface area (Å²) in [5.74, 6) is -0.541. The molecule has 0 aliphatic carbocycles. The van der Waals surface area contributed by atoms with Crippen molar-refractivity contribution in [1.82, 2.24) is 10.4 Å². The number of non-ortho nitro benzene ring substituents is 2. The number of nitro groups is 2. The molecule has 2 N–H and O–H groups in total. The Bertz CT molecular complexity index is 1360. The lowest BCUT2D eigenvalue weighted by Crippen LogP contribution is -2.18. The highest BCUT2D eigenvalue weighted by Gasteiger charge is 2.21. The van der Waals surface area contributed by atoms with Gasteiger partial charge in [0, 0.05) is 40.7 Å². The van der Waals surface area contributed by atoms with Crippen molar-refractivity contribution in [2.24, 2.45) is 5.10 Å². The summed E-state index contributed by atoms with van der Waals surface area (Å²) in [7, 11) is 0. The second-order valence-electron chi connectivity index (χ2n) is 6.78. The molecule has 1 amide bonds. The highest BCUT2D eigenvalue weighted by molar-refractivity contribution is 6.10. The number of carbonyl (C=O) groups excluding carboxylic acids is 1. The first kappa shape index (κ1) is 20.4. The van der Waals surface area contributed by atoms with E-state index in [1.54, 1.807) is 30.3 Å². The highest BCUT2D eigenvalue weighted by Crippen LogP contribution is 2.34. The predicted octanol–water partition coefficient (Wildman–Crippen LogP) is 4.42. The van der Waals surface area contributed by atoms with Crippen LogP contribution in [0.15, 0.2) is 77.9 Å². The number of nitro benzene ring substituents is 2. The normalized spacial score (nSPS) is 11.0. The molecular weight excluding hydrogens is 414 g/mol. The number of H-pyrrole nitrogens is 1. The smallest absolute Gasteiger partial charge is 0.288 e. The van der Waals surface area contributed by atoms with Crippen LogP contribution in [0.3, 0.4) is 0 Å². The molecule has 0 spiro atoms. The molecule has 0 radical (unpaired) electrons. The van der Waals surface area contributed by atoms with Gasteiger partial charge in [0.1, 0.15) is 5.69 Å². The van der Waals surface area contributed by atoms with Gasteiger partial charge in [-0.3, -0.25) is 25.0 Å². The van der Waals surface area contributed by atoms with Crippen LogP contribution in [0.5, 0.6) is 0 Å². The number of benzene rings is 3. The average molecular weight is 429 g/mol. The first-order valence-corrected chi connectivity index (χ1v) is 9.37. The number of amides is 1. The third-order valence-corrected chi connectivity index (χ3v) is 4.77. The average Bonchev–Trinajstić information content (AvgIpc) is 3.19. The number of nitrogens with one attached hydrogen (secondary N) is 2. The fourth-order valence-corrected chi connectivity index (χ4v) is 3.27. The van der Waals surface area contributed by atoms with Crippen LogP contribution >= 0.6 is 0 Å². The van der Waals surface area contributed by atoms with E-state index in [-0.39, 0.29) is 17.1 Å². The second kappa shape index (κ2) is 8.48. The minimum atomic E-state index is -0.541. The van der Waals surface area contributed by atoms with Crippen molar-refractivity contribution >= 4 is 34.4 Å². The number of carbonyl (C=O) groups is 1. The molecule has 32 heavy (non-hydrogen) atoms. The third-order valence-electron chi connectivity index (χ3n) is 4.77. The van der Waals surface area contributed by atoms with Gasteiger partial charge in [-0.2, -0.15) is 5.10 Å². The predicted molar refractivity (Wildman–Crippen MR) is 119 cm³/mol. The van der Waals surface area contributed by atoms with E-state index < -0.39 is 15.8 Å². The van der Waals surface area contributed by atoms with E-state index >= 15 is 0 Å². The van der Waals surface area contributed by atoms with Gasteiger partial charge in [0.15, 0.2) is 0 Å². The van der Waals surface area contributed by atoms with Gasteiger partial charge in [-0.05, 0) is 29.3 Å². The molecule has 0 unspecified atom stereocenters. The number of hydrogen-bond donors (Lipinski definition) is 2. The SMILES string of the molecule is O=C(NN=Cc1ccc([N+](=O)[O-])cc1)c1[nH]c2ccc([N+](=O)[O-])cc2c1-c1ccccc1. The Kier molecular flexibility index (Phi) is 5.41. The third kappa shape index (κ3) is 4.05. The summed E-state index contributed by atoms with van der Waals surface area (Å²) in [6.07, 6.45) is 1.36. The number of hydrogen-bond acceptors (Lipinski definition) is 6. The maximum absolute atomic E-state index is 12.9. The van der Waals surface area contributed by atoms with Crippen LogP contribution in [0, 0.1) is 20.2 Å². The Balaban J connectivity index is 1.67. The zero-order valence-corrected chi connectivity index (χ0v) is 16.4. The maximum atomic E-state index is 12.9. The fourth-order valence-electron chi connectivity index (χ4n) is 3.27. The molecule has 0 saturated carbocycles. The Morgan fingerprint density at radius 1 is 0.906 bits per heavy atom. The molecule has 1 heterocycles. The zero-order valence-electron chi connectivity index (χ0n) is 16.4. The summed E-state index contributed by atoms with van der Waals surface area (Å²) in [4.78, 5) is 36.9. The number of fused-ring (bicyclic) bond motifs is 1. The molecule has 0 bridgehead atoms. The van der Waals surface area contributed by atoms with E-state index in [4.69, 9.17) is 0 Å². The van der Waals surface area contributed by atoms with Crippen molar-refractivity contribution in [3.05, 3.63) is 104 Å². The standard InChI is InChI=1S/C22H15N5O5/c28-22(25-23-13-14-6-8-16(9-7-14)26(29)30)21-20(15-4-2-1-3-5-15)18-12-17(27(31)32)10-11-19(18)24-21/h1-13,24H,(H,25,28). The first-order valence-electron chi connectivity index (χ1n) is 9.37. The summed E-state index contributed by atoms with van der Waals surface area (Å²) in [5, 5.41) is 26.4. The van der Waals surface area contributed by atoms with Gasteiger partial charge in [-0.25, -0.2) is 5.43 Å². The molecule has 10 nitrogen and oxygen atoms in total. The lowest BCUT2D eigenvalue weighted by atomic mass is 10.0. The molecule has 0 atom stereocenters. The van der Waals surface area contributed by atoms with Crippen molar-refractivity contribution in [3.63, 3.8) is 0 Å². The van der Waals surface area contributed by atoms with E-state index in [9.17, 15) is 25.0 Å². The molecule has 0 saturated heterocycles. The van der Waals surface area contributed by atoms with Crippen molar-refractivity contribution < 1.29 is 14.6 Å². The van der Waals surface area contributed by atoms with Crippen molar-refractivity contribution in [1.29, 1.82) is 0 Å². The number of rotatable bonds is 6. The van der Waals surface area contributed by atoms with E-state index in [0.717, 1.165) is 0 Å². The second-order valence-corrected chi connectivity index (χ2v) is 6.78. The van der Waals surface area contributed by atoms with E-state index in [1.807, 2.05) is 6.07 Å². The summed E-state index contributed by atoms with van der Waals surface area (Å²) in [6.45, 7) is 0. The Morgan fingerprint density at radius 2 is 1.56 bits per heavy atom. The van der Waals surface area contributed by atoms with E-state index in [0.29, 0.717) is 27.6 Å². The van der Waals surface area contributed by atoms with Crippen LogP contribution in [-0.4, -0.2) is 27.0 Å². The molecule has 0 aliphatic rings. The maximum Gasteiger partial charge on any atom is 0.288 e. The highest BCUT2D eigenvalue weighted by atomic mass is 16.6. The lowest BCUT2D eigenvalue weighted by molar-refractivity contribution is -0.385. The van der Waals surface area contributed by atoms with Crippen LogP contribution < -0.4 is 5.43 Å². The van der Waals surface area contributed by atoms with Crippen LogP contribution in [0.1, 0.15) is 16.1 Å². The largest absolute Gasteiger partial charge is 0.350 e. The van der Waals surface area contributed by atoms with E-state index in [1.165, 1.54) is 42.6 Å². The molecule has 0 aliphatic heterocycles. The van der Waals surface area contributed by atoms with E-state index in [2.05, 4.69) is 15.5 Å². The molecule has 0 fully saturated rings. The molecule has 10 heteroatoms. The van der Waals surface area contributed by atoms with Crippen molar-refractivity contribution in [2.75, 3.05) is 0 Å². The quantitative estimate of drug-likeness (QED) is 0.265. The van der Waals surface area contributed by atoms with Gasteiger partial charge >= 0.3 is 0 Å². The summed E-state index contributed by atoms with van der Waals surface area (Å²) >= 11 is 0. The summed E-state index contributed by atoms with van der Waals surface area (Å²) in [6, 6.07) is 19.1. The number of aromatic nitrogens is 1. The summed E-state index contributed by atoms with van der Waals surface area (Å²) < 4.78 is 0. The Hall–Kier alpha value is -4.86. The van der Waals surface area contributed by atoms with Gasteiger partial charge in [0.05, 0.1) is 16.1 Å². The number of hydrazone groups is 1. The molecule has 158 valence electrons. The fraction of sp³-hybridized carbons (Fsp3) is 0. The Labute approximate surface area is 180 Å². The van der Waals surface area contributed by atoms with Gasteiger partial charge in [0.25, 0.3) is 17.3 Å². The van der Waals surface area contributed by atoms with Crippen LogP contribution in [0.25, 0.3) is 22.0 Å². The topological polar surface area (TPSA) is 144 Å². The number of aromatic amines is 1. The van der Waals surface area contributed by atoms with Crippen molar-refractivity contribution in [2.45, 2.75) is 0 Å². The summed E-state index contributed by atoms with van der Waals surface area (Å²) in [5.41, 5.74) is 4.85. The van der Waals surface area contributed by atoms with Crippen LogP contribution in [0.4, 0.5) is 11.4 Å². The molecular formula is C22H15N5O5. The first-order chi connectivity index (χ1) is 15.4. The number of nitrogens with zero attached hydrogens (tertiary/aromatic N) is 3. The monoisotopic (exact) mass is 429 g/mol. The molecule has 4 rings (SSSR count). The van der Waals surface area contributed by atoms with Crippen molar-refractivity contribution in [3.8, 4) is 11.1 Å². The van der Waals surface area contributed by atoms with Gasteiger partial charge in [-0.1, -0.05) is 30.3 Å². The van der Waals surface area contributed by atoms with Crippen LogP contribution in [-0.2, 0) is 0 Å². The van der Waals surface area contributed by atoms with Gasteiger partial charge in [0.2, 0.25) is 0 Å². The van der Waals surface area contributed by atoms with Crippen LogP contribution in [0.2, 0.25) is 0 Å². The Morgan fingerprint density at radius 3 is 2.22 bits per heavy atom. The molecule has 1 aromatic heterocycles. The van der Waals surface area contributed by atoms with Gasteiger partial charge < -0.3 is 4.98 Å². The molecule has 3 aromatic carbocycles.